The van der Waals surface area contributed by atoms with E-state index in [4.69, 9.17) is 9.72 Å². The highest BCUT2D eigenvalue weighted by Crippen LogP contribution is 2.33. The summed E-state index contributed by atoms with van der Waals surface area (Å²) >= 11 is 0. The van der Waals surface area contributed by atoms with Crippen LogP contribution in [0.2, 0.25) is 0 Å². The molecule has 0 unspecified atom stereocenters. The lowest BCUT2D eigenvalue weighted by atomic mass is 10.0. The molecule has 0 atom stereocenters. The van der Waals surface area contributed by atoms with Gasteiger partial charge in [0, 0.05) is 31.3 Å². The van der Waals surface area contributed by atoms with Crippen molar-refractivity contribution in [1.82, 2.24) is 14.3 Å². The zero-order chi connectivity index (χ0) is 25.9. The number of ether oxygens (including phenoxy) is 1. The Morgan fingerprint density at radius 2 is 1.69 bits per heavy atom. The lowest BCUT2D eigenvalue weighted by molar-refractivity contribution is -0.137. The van der Waals surface area contributed by atoms with Crippen LogP contribution in [-0.4, -0.2) is 40.4 Å². The number of nitrogens with zero attached hydrogens (tertiary/aromatic N) is 3. The minimum absolute atomic E-state index is 0.0422. The van der Waals surface area contributed by atoms with E-state index in [9.17, 15) is 18.0 Å². The number of amides is 1. The highest BCUT2D eigenvalue weighted by molar-refractivity contribution is 5.77. The first-order chi connectivity index (χ1) is 17.2. The third-order valence-corrected chi connectivity index (χ3v) is 6.28. The van der Waals surface area contributed by atoms with Crippen LogP contribution in [0.3, 0.4) is 0 Å². The smallest absolute Gasteiger partial charge is 0.416 e. The van der Waals surface area contributed by atoms with Crippen LogP contribution in [0.25, 0.3) is 28.0 Å². The summed E-state index contributed by atoms with van der Waals surface area (Å²) in [5, 5.41) is 0. The number of methoxy groups -OCH3 is 1. The second-order valence-corrected chi connectivity index (χ2v) is 8.43. The Hall–Kier alpha value is -3.81. The number of hydrogen-bond donors (Lipinski definition) is 0. The van der Waals surface area contributed by atoms with Crippen molar-refractivity contribution in [2.24, 2.45) is 0 Å². The maximum Gasteiger partial charge on any atom is 0.416 e. The monoisotopic (exact) mass is 495 g/mol. The number of carbonyl (C=O) groups is 1. The van der Waals surface area contributed by atoms with Gasteiger partial charge in [0.05, 0.1) is 24.1 Å². The van der Waals surface area contributed by atoms with Gasteiger partial charge in [-0.3, -0.25) is 4.79 Å². The number of aryl methyl sites for hydroxylation is 1. The first-order valence-corrected chi connectivity index (χ1v) is 11.9. The van der Waals surface area contributed by atoms with Crippen LogP contribution in [0.15, 0.2) is 66.9 Å². The third kappa shape index (κ3) is 5.22. The van der Waals surface area contributed by atoms with Gasteiger partial charge in [-0.25, -0.2) is 4.98 Å². The average Bonchev–Trinajstić information content (AvgIpc) is 3.25. The average molecular weight is 496 g/mol. The second-order valence-electron chi connectivity index (χ2n) is 8.43. The van der Waals surface area contributed by atoms with Gasteiger partial charge in [0.15, 0.2) is 0 Å². The van der Waals surface area contributed by atoms with Gasteiger partial charge >= 0.3 is 6.18 Å². The number of benzene rings is 2. The van der Waals surface area contributed by atoms with Gasteiger partial charge in [-0.1, -0.05) is 24.3 Å². The van der Waals surface area contributed by atoms with Crippen molar-refractivity contribution in [3.05, 3.63) is 78.1 Å². The maximum absolute atomic E-state index is 13.3. The fourth-order valence-electron chi connectivity index (χ4n) is 4.34. The van der Waals surface area contributed by atoms with E-state index in [-0.39, 0.29) is 5.91 Å². The van der Waals surface area contributed by atoms with Gasteiger partial charge < -0.3 is 14.0 Å². The number of rotatable bonds is 8. The molecule has 0 aliphatic rings. The first kappa shape index (κ1) is 25.3. The number of fused-ring (bicyclic) bond motifs is 1. The van der Waals surface area contributed by atoms with Gasteiger partial charge in [0.1, 0.15) is 11.4 Å². The summed E-state index contributed by atoms with van der Waals surface area (Å²) < 4.78 is 47.1. The minimum Gasteiger partial charge on any atom is -0.497 e. The summed E-state index contributed by atoms with van der Waals surface area (Å²) in [6, 6.07) is 16.3. The van der Waals surface area contributed by atoms with Crippen LogP contribution in [0.5, 0.6) is 5.75 Å². The predicted octanol–water partition coefficient (Wildman–Crippen LogP) is 6.50. The molecule has 36 heavy (non-hydrogen) atoms. The molecule has 0 saturated carbocycles. The van der Waals surface area contributed by atoms with E-state index >= 15 is 0 Å². The second kappa shape index (κ2) is 10.4. The SMILES string of the molecule is CCN(CC)C(=O)CCc1c(-c2cccc(OC)c2)nc2ccc(-c3cccc(C(F)(F)F)c3)cn12. The standard InChI is InChI=1S/C28H28F3N3O2/c1-4-33(5-2)26(35)15-13-24-27(20-9-7-11-23(17-20)36-3)32-25-14-12-21(18-34(24)25)19-8-6-10-22(16-19)28(29,30)31/h6-12,14,16-18H,4-5,13,15H2,1-3H3. The van der Waals surface area contributed by atoms with Crippen LogP contribution in [-0.2, 0) is 17.4 Å². The fraction of sp³-hybridized carbons (Fsp3) is 0.286. The minimum atomic E-state index is -4.43. The summed E-state index contributed by atoms with van der Waals surface area (Å²) in [7, 11) is 1.59. The normalized spacial score (nSPS) is 11.6. The van der Waals surface area contributed by atoms with E-state index < -0.39 is 11.7 Å². The summed E-state index contributed by atoms with van der Waals surface area (Å²) in [5.74, 6) is 0.722. The number of aromatic nitrogens is 2. The number of imidazole rings is 1. The molecule has 188 valence electrons. The molecule has 0 aliphatic heterocycles. The van der Waals surface area contributed by atoms with Crippen LogP contribution < -0.4 is 4.74 Å². The Morgan fingerprint density at radius 1 is 0.972 bits per heavy atom. The maximum atomic E-state index is 13.3. The molecule has 2 heterocycles. The van der Waals surface area contributed by atoms with Gasteiger partial charge in [-0.2, -0.15) is 13.2 Å². The number of alkyl halides is 3. The van der Waals surface area contributed by atoms with Crippen molar-refractivity contribution in [3.8, 4) is 28.1 Å². The molecule has 2 aromatic carbocycles. The molecule has 2 aromatic heterocycles. The molecule has 1 amide bonds. The Balaban J connectivity index is 1.82. The third-order valence-electron chi connectivity index (χ3n) is 6.28. The first-order valence-electron chi connectivity index (χ1n) is 11.9. The summed E-state index contributed by atoms with van der Waals surface area (Å²) in [4.78, 5) is 19.4. The van der Waals surface area contributed by atoms with E-state index in [1.807, 2.05) is 42.5 Å². The number of hydrogen-bond acceptors (Lipinski definition) is 3. The largest absolute Gasteiger partial charge is 0.497 e. The van der Waals surface area contributed by atoms with Crippen molar-refractivity contribution in [2.75, 3.05) is 20.2 Å². The predicted molar refractivity (Wildman–Crippen MR) is 134 cm³/mol. The number of halogens is 3. The molecule has 0 N–H and O–H groups in total. The molecule has 4 aromatic rings. The van der Waals surface area contributed by atoms with E-state index in [1.54, 1.807) is 36.4 Å². The van der Waals surface area contributed by atoms with Crippen molar-refractivity contribution in [1.29, 1.82) is 0 Å². The molecular formula is C28H28F3N3O2. The zero-order valence-electron chi connectivity index (χ0n) is 20.5. The number of carbonyl (C=O) groups excluding carboxylic acids is 1. The quantitative estimate of drug-likeness (QED) is 0.280. The van der Waals surface area contributed by atoms with Crippen molar-refractivity contribution in [2.45, 2.75) is 32.9 Å². The van der Waals surface area contributed by atoms with Gasteiger partial charge in [-0.05, 0) is 67.8 Å². The van der Waals surface area contributed by atoms with E-state index in [2.05, 4.69) is 0 Å². The van der Waals surface area contributed by atoms with E-state index in [1.165, 1.54) is 6.07 Å². The molecule has 0 saturated heterocycles. The molecular weight excluding hydrogens is 467 g/mol. The molecule has 0 radical (unpaired) electrons. The Morgan fingerprint density at radius 3 is 2.39 bits per heavy atom. The van der Waals surface area contributed by atoms with Crippen molar-refractivity contribution in [3.63, 3.8) is 0 Å². The molecule has 0 spiro atoms. The van der Waals surface area contributed by atoms with Crippen LogP contribution in [0.4, 0.5) is 13.2 Å². The zero-order valence-corrected chi connectivity index (χ0v) is 20.5. The summed E-state index contributed by atoms with van der Waals surface area (Å²) in [6.45, 7) is 5.15. The molecule has 0 fully saturated rings. The number of pyridine rings is 1. The van der Waals surface area contributed by atoms with Crippen molar-refractivity contribution < 1.29 is 22.7 Å². The lowest BCUT2D eigenvalue weighted by Crippen LogP contribution is -2.30. The molecule has 0 bridgehead atoms. The van der Waals surface area contributed by atoms with Crippen LogP contribution in [0, 0.1) is 0 Å². The summed E-state index contributed by atoms with van der Waals surface area (Å²) in [5.41, 5.74) is 3.38. The molecule has 8 heteroatoms. The van der Waals surface area contributed by atoms with Crippen LogP contribution in [0.1, 0.15) is 31.5 Å². The molecule has 5 nitrogen and oxygen atoms in total. The Kier molecular flexibility index (Phi) is 7.33. The van der Waals surface area contributed by atoms with Gasteiger partial charge in [0.25, 0.3) is 0 Å². The van der Waals surface area contributed by atoms with E-state index in [0.29, 0.717) is 54.1 Å². The van der Waals surface area contributed by atoms with Crippen LogP contribution >= 0.6 is 0 Å². The highest BCUT2D eigenvalue weighted by Gasteiger charge is 2.30. The lowest BCUT2D eigenvalue weighted by Gasteiger charge is -2.18. The molecule has 4 rings (SSSR count). The Labute approximate surface area is 208 Å². The fourth-order valence-corrected chi connectivity index (χ4v) is 4.34. The van der Waals surface area contributed by atoms with E-state index in [0.717, 1.165) is 23.4 Å². The van der Waals surface area contributed by atoms with Gasteiger partial charge in [-0.15, -0.1) is 0 Å². The Bertz CT molecular complexity index is 1370. The molecule has 0 aliphatic carbocycles. The summed E-state index contributed by atoms with van der Waals surface area (Å²) in [6.07, 6.45) is -1.92. The highest BCUT2D eigenvalue weighted by atomic mass is 19.4. The topological polar surface area (TPSA) is 46.8 Å². The van der Waals surface area contributed by atoms with Gasteiger partial charge in [0.2, 0.25) is 5.91 Å². The van der Waals surface area contributed by atoms with Crippen molar-refractivity contribution >= 4 is 11.6 Å².